The van der Waals surface area contributed by atoms with Crippen LogP contribution in [0.4, 0.5) is 0 Å². The molecule has 0 bridgehead atoms. The van der Waals surface area contributed by atoms with Crippen molar-refractivity contribution in [1.82, 2.24) is 0 Å². The molecule has 0 nitrogen and oxygen atoms in total. The van der Waals surface area contributed by atoms with Crippen molar-refractivity contribution in [3.63, 3.8) is 0 Å². The summed E-state index contributed by atoms with van der Waals surface area (Å²) < 4.78 is 0. The molecule has 0 fully saturated rings. The molecule has 0 radical (unpaired) electrons. The smallest absolute Gasteiger partial charge is 0.000718 e. The summed E-state index contributed by atoms with van der Waals surface area (Å²) in [5.41, 5.74) is 9.86. The third-order valence-corrected chi connectivity index (χ3v) is 5.25. The van der Waals surface area contributed by atoms with Gasteiger partial charge in [-0.2, -0.15) is 0 Å². The molecule has 1 aliphatic carbocycles. The third-order valence-electron chi connectivity index (χ3n) is 5.25. The van der Waals surface area contributed by atoms with Gasteiger partial charge in [0.1, 0.15) is 0 Å². The first-order valence-electron chi connectivity index (χ1n) is 8.52. The molecule has 0 aromatic heterocycles. The van der Waals surface area contributed by atoms with Gasteiger partial charge >= 0.3 is 0 Å². The van der Waals surface area contributed by atoms with Crippen LogP contribution in [0.25, 0.3) is 33.0 Å². The van der Waals surface area contributed by atoms with Crippen molar-refractivity contribution >= 4 is 10.8 Å². The van der Waals surface area contributed by atoms with Gasteiger partial charge in [-0.1, -0.05) is 78.9 Å². The summed E-state index contributed by atoms with van der Waals surface area (Å²) in [5, 5.41) is 2.65. The predicted octanol–water partition coefficient (Wildman–Crippen LogP) is 6.39. The summed E-state index contributed by atoms with van der Waals surface area (Å²) in [4.78, 5) is 0. The van der Waals surface area contributed by atoms with Gasteiger partial charge in [-0.3, -0.25) is 0 Å². The van der Waals surface area contributed by atoms with Crippen molar-refractivity contribution in [3.8, 4) is 22.3 Å². The van der Waals surface area contributed by atoms with E-state index in [1.807, 2.05) is 0 Å². The lowest BCUT2D eigenvalue weighted by Gasteiger charge is -2.15. The lowest BCUT2D eigenvalue weighted by molar-refractivity contribution is 1.25. The highest BCUT2D eigenvalue weighted by Crippen LogP contribution is 2.44. The maximum atomic E-state index is 2.30. The van der Waals surface area contributed by atoms with Crippen molar-refractivity contribution < 1.29 is 0 Å². The van der Waals surface area contributed by atoms with Crippen LogP contribution in [-0.2, 0) is 6.42 Å². The van der Waals surface area contributed by atoms with E-state index in [4.69, 9.17) is 0 Å². The fourth-order valence-electron chi connectivity index (χ4n) is 4.15. The van der Waals surface area contributed by atoms with Crippen LogP contribution in [0.15, 0.2) is 78.9 Å². The van der Waals surface area contributed by atoms with Gasteiger partial charge in [0.2, 0.25) is 0 Å². The van der Waals surface area contributed by atoms with Gasteiger partial charge in [0.05, 0.1) is 0 Å². The molecule has 0 atom stereocenters. The lowest BCUT2D eigenvalue weighted by atomic mass is 9.89. The van der Waals surface area contributed by atoms with E-state index in [9.17, 15) is 0 Å². The maximum Gasteiger partial charge on any atom is -0.000718 e. The molecule has 0 aliphatic heterocycles. The van der Waals surface area contributed by atoms with E-state index >= 15 is 0 Å². The van der Waals surface area contributed by atoms with Crippen LogP contribution in [0.2, 0.25) is 0 Å². The summed E-state index contributed by atoms with van der Waals surface area (Å²) >= 11 is 0. The predicted molar refractivity (Wildman–Crippen MR) is 102 cm³/mol. The minimum Gasteiger partial charge on any atom is -0.0619 e. The van der Waals surface area contributed by atoms with E-state index in [0.29, 0.717) is 0 Å². The van der Waals surface area contributed by atoms with Crippen LogP contribution in [0.5, 0.6) is 0 Å². The fourth-order valence-corrected chi connectivity index (χ4v) is 4.15. The maximum absolute atomic E-state index is 2.30. The second kappa shape index (κ2) is 5.07. The Balaban J connectivity index is 1.84. The van der Waals surface area contributed by atoms with Gasteiger partial charge in [-0.15, -0.1) is 0 Å². The highest BCUT2D eigenvalue weighted by atomic mass is 14.3. The van der Waals surface area contributed by atoms with E-state index in [0.717, 1.165) is 6.42 Å². The summed E-state index contributed by atoms with van der Waals surface area (Å²) in [6, 6.07) is 28.7. The molecule has 0 unspecified atom stereocenters. The Hall–Kier alpha value is -2.86. The van der Waals surface area contributed by atoms with Gasteiger partial charge in [-0.25, -0.2) is 0 Å². The molecule has 1 aliphatic rings. The zero-order valence-corrected chi connectivity index (χ0v) is 13.7. The van der Waals surface area contributed by atoms with Crippen molar-refractivity contribution in [1.29, 1.82) is 0 Å². The first-order valence-corrected chi connectivity index (χ1v) is 8.52. The summed E-state index contributed by atoms with van der Waals surface area (Å²) in [7, 11) is 0. The van der Waals surface area contributed by atoms with E-state index < -0.39 is 0 Å². The number of fused-ring (bicyclic) bond motifs is 4. The van der Waals surface area contributed by atoms with Gasteiger partial charge in [0.25, 0.3) is 0 Å². The molecular formula is C24H18. The molecular weight excluding hydrogens is 288 g/mol. The minimum atomic E-state index is 1.03. The molecule has 114 valence electrons. The first-order chi connectivity index (χ1) is 11.8. The Kier molecular flexibility index (Phi) is 2.87. The number of benzene rings is 4. The minimum absolute atomic E-state index is 1.03. The third kappa shape index (κ3) is 1.86. The van der Waals surface area contributed by atoms with Crippen molar-refractivity contribution in [3.05, 3.63) is 95.6 Å². The Morgan fingerprint density at radius 1 is 0.625 bits per heavy atom. The largest absolute Gasteiger partial charge is 0.0619 e. The molecule has 0 heterocycles. The summed E-state index contributed by atoms with van der Waals surface area (Å²) in [6.07, 6.45) is 1.03. The SMILES string of the molecule is Cc1ccc2c(c1-c1cccc3ccccc13)Cc1ccccc1-2. The van der Waals surface area contributed by atoms with Gasteiger partial charge in [0.15, 0.2) is 0 Å². The monoisotopic (exact) mass is 306 g/mol. The molecule has 0 amide bonds. The quantitative estimate of drug-likeness (QED) is 0.337. The van der Waals surface area contributed by atoms with Crippen LogP contribution in [0.3, 0.4) is 0 Å². The van der Waals surface area contributed by atoms with Gasteiger partial charge in [-0.05, 0) is 63.1 Å². The van der Waals surface area contributed by atoms with E-state index in [-0.39, 0.29) is 0 Å². The lowest BCUT2D eigenvalue weighted by Crippen LogP contribution is -1.93. The first kappa shape index (κ1) is 13.6. The highest BCUT2D eigenvalue weighted by Gasteiger charge is 2.23. The van der Waals surface area contributed by atoms with Crippen LogP contribution >= 0.6 is 0 Å². The van der Waals surface area contributed by atoms with Crippen LogP contribution < -0.4 is 0 Å². The van der Waals surface area contributed by atoms with Crippen molar-refractivity contribution in [2.24, 2.45) is 0 Å². The zero-order chi connectivity index (χ0) is 16.1. The molecule has 0 heteroatoms. The zero-order valence-electron chi connectivity index (χ0n) is 13.7. The van der Waals surface area contributed by atoms with E-state index in [2.05, 4.69) is 85.8 Å². The topological polar surface area (TPSA) is 0 Å². The Morgan fingerprint density at radius 3 is 2.33 bits per heavy atom. The number of hydrogen-bond donors (Lipinski definition) is 0. The molecule has 4 aromatic rings. The van der Waals surface area contributed by atoms with Crippen LogP contribution in [-0.4, -0.2) is 0 Å². The number of rotatable bonds is 1. The van der Waals surface area contributed by atoms with E-state index in [1.165, 1.54) is 49.7 Å². The van der Waals surface area contributed by atoms with Gasteiger partial charge in [0, 0.05) is 0 Å². The average molecular weight is 306 g/mol. The molecule has 0 saturated carbocycles. The molecule has 0 N–H and O–H groups in total. The summed E-state index contributed by atoms with van der Waals surface area (Å²) in [5.74, 6) is 0. The Bertz CT molecular complexity index is 1080. The Labute approximate surface area is 142 Å². The normalized spacial score (nSPS) is 12.2. The average Bonchev–Trinajstić information content (AvgIpc) is 3.00. The second-order valence-electron chi connectivity index (χ2n) is 6.64. The van der Waals surface area contributed by atoms with Crippen molar-refractivity contribution in [2.75, 3.05) is 0 Å². The molecule has 0 spiro atoms. The Morgan fingerprint density at radius 2 is 1.38 bits per heavy atom. The second-order valence-corrected chi connectivity index (χ2v) is 6.64. The standard InChI is InChI=1S/C24H18/c1-16-13-14-21-20-11-5-3-8-18(20)15-23(21)24(16)22-12-6-9-17-7-2-4-10-19(17)22/h2-14H,15H2,1H3. The molecule has 5 rings (SSSR count). The van der Waals surface area contributed by atoms with Crippen LogP contribution in [0.1, 0.15) is 16.7 Å². The molecule has 4 aromatic carbocycles. The van der Waals surface area contributed by atoms with Crippen molar-refractivity contribution in [2.45, 2.75) is 13.3 Å². The fraction of sp³-hybridized carbons (Fsp3) is 0.0833. The van der Waals surface area contributed by atoms with E-state index in [1.54, 1.807) is 0 Å². The summed E-state index contributed by atoms with van der Waals surface area (Å²) in [6.45, 7) is 2.24. The molecule has 0 saturated heterocycles. The van der Waals surface area contributed by atoms with Gasteiger partial charge < -0.3 is 0 Å². The molecule has 24 heavy (non-hydrogen) atoms. The van der Waals surface area contributed by atoms with Crippen LogP contribution in [0, 0.1) is 6.92 Å². The number of hydrogen-bond acceptors (Lipinski definition) is 0. The number of aryl methyl sites for hydroxylation is 1. The highest BCUT2D eigenvalue weighted by molar-refractivity contribution is 6.00.